The van der Waals surface area contributed by atoms with E-state index >= 15 is 0 Å². The lowest BCUT2D eigenvalue weighted by Crippen LogP contribution is -2.42. The number of thiol groups is 1. The standard InChI is InChI=1S/C18H21OPS2/c1-14(2)16-9-11-18(3,17(21)13-16)19-20(22)12-10-15-7-5-4-6-8-15/h4-8,16-17H,1,9,11,13H2,2-3H3/p+1/t16-,17+,18+/m1/s1. The van der Waals surface area contributed by atoms with Crippen LogP contribution in [0.2, 0.25) is 0 Å². The minimum Gasteiger partial charge on any atom is -0.173 e. The second-order valence-corrected chi connectivity index (χ2v) is 8.64. The van der Waals surface area contributed by atoms with Gasteiger partial charge in [-0.15, -0.1) is 4.52 Å². The molecule has 0 heterocycles. The predicted molar refractivity (Wildman–Crippen MR) is 102 cm³/mol. The Balaban J connectivity index is 1.99. The number of hydrogen-bond acceptors (Lipinski definition) is 3. The normalized spacial score (nSPS) is 28.4. The fraction of sp³-hybridized carbons (Fsp3) is 0.444. The molecule has 1 aromatic rings. The number of hydrogen-bond donors (Lipinski definition) is 1. The third-order valence-corrected chi connectivity index (χ3v) is 6.39. The first-order chi connectivity index (χ1) is 10.4. The average Bonchev–Trinajstić information content (AvgIpc) is 2.49. The molecule has 22 heavy (non-hydrogen) atoms. The third kappa shape index (κ3) is 4.67. The lowest BCUT2D eigenvalue weighted by molar-refractivity contribution is 0.0628. The second-order valence-electron chi connectivity index (χ2n) is 6.10. The average molecular weight is 349 g/mol. The van der Waals surface area contributed by atoms with Gasteiger partial charge in [0.2, 0.25) is 11.8 Å². The van der Waals surface area contributed by atoms with Gasteiger partial charge < -0.3 is 0 Å². The molecule has 0 radical (unpaired) electrons. The van der Waals surface area contributed by atoms with Crippen molar-refractivity contribution in [1.82, 2.24) is 0 Å². The van der Waals surface area contributed by atoms with Crippen molar-refractivity contribution in [3.63, 3.8) is 0 Å². The van der Waals surface area contributed by atoms with Crippen molar-refractivity contribution >= 4 is 31.4 Å². The van der Waals surface area contributed by atoms with Gasteiger partial charge in [-0.25, -0.2) is 0 Å². The van der Waals surface area contributed by atoms with Gasteiger partial charge >= 0.3 is 6.92 Å². The van der Waals surface area contributed by atoms with Gasteiger partial charge in [-0.3, -0.25) is 0 Å². The fourth-order valence-corrected chi connectivity index (χ4v) is 4.69. The van der Waals surface area contributed by atoms with E-state index in [-0.39, 0.29) is 10.9 Å². The summed E-state index contributed by atoms with van der Waals surface area (Å²) in [4.78, 5) is 0. The molecule has 1 aliphatic rings. The first kappa shape index (κ1) is 17.7. The van der Waals surface area contributed by atoms with Crippen LogP contribution in [-0.4, -0.2) is 10.9 Å². The highest BCUT2D eigenvalue weighted by atomic mass is 32.4. The fourth-order valence-electron chi connectivity index (χ4n) is 2.66. The summed E-state index contributed by atoms with van der Waals surface area (Å²) in [5.74, 6) is 3.65. The molecule has 0 bridgehead atoms. The van der Waals surface area contributed by atoms with E-state index in [1.54, 1.807) is 0 Å². The Morgan fingerprint density at radius 3 is 2.73 bits per heavy atom. The largest absolute Gasteiger partial charge is 0.434 e. The molecule has 116 valence electrons. The van der Waals surface area contributed by atoms with E-state index in [0.29, 0.717) is 5.92 Å². The van der Waals surface area contributed by atoms with Crippen molar-refractivity contribution in [2.24, 2.45) is 5.92 Å². The summed E-state index contributed by atoms with van der Waals surface area (Å²) in [5, 5.41) is 0.175. The molecule has 0 amide bonds. The summed E-state index contributed by atoms with van der Waals surface area (Å²) < 4.78 is 6.14. The molecule has 1 aromatic carbocycles. The minimum atomic E-state index is -1.18. The van der Waals surface area contributed by atoms with Crippen molar-refractivity contribution in [1.29, 1.82) is 0 Å². The van der Waals surface area contributed by atoms with Gasteiger partial charge in [-0.2, -0.15) is 12.6 Å². The molecule has 1 saturated carbocycles. The van der Waals surface area contributed by atoms with E-state index in [4.69, 9.17) is 29.0 Å². The van der Waals surface area contributed by atoms with Crippen molar-refractivity contribution in [3.8, 4) is 11.6 Å². The van der Waals surface area contributed by atoms with Gasteiger partial charge in [0.05, 0.1) is 0 Å². The summed E-state index contributed by atoms with van der Waals surface area (Å²) in [6.07, 6.45) is 3.05. The molecule has 1 unspecified atom stereocenters. The van der Waals surface area contributed by atoms with Crippen LogP contribution in [0.15, 0.2) is 42.5 Å². The maximum atomic E-state index is 6.14. The van der Waals surface area contributed by atoms with E-state index in [9.17, 15) is 0 Å². The first-order valence-electron chi connectivity index (χ1n) is 7.47. The number of allylic oxidation sites excluding steroid dienone is 1. The van der Waals surface area contributed by atoms with E-state index < -0.39 is 6.92 Å². The van der Waals surface area contributed by atoms with Crippen LogP contribution < -0.4 is 0 Å². The molecule has 0 spiro atoms. The Morgan fingerprint density at radius 2 is 2.14 bits per heavy atom. The van der Waals surface area contributed by atoms with Gasteiger partial charge in [0, 0.05) is 10.8 Å². The maximum absolute atomic E-state index is 6.14. The maximum Gasteiger partial charge on any atom is 0.434 e. The SMILES string of the molecule is C=C(C)[C@@H]1CC[C@](C)(O[P+](=S)C#Cc2ccccc2)[C@@H](S)C1. The van der Waals surface area contributed by atoms with E-state index in [0.717, 1.165) is 24.8 Å². The molecule has 0 aromatic heterocycles. The number of rotatable bonds is 3. The molecule has 2 rings (SSSR count). The monoisotopic (exact) mass is 349 g/mol. The van der Waals surface area contributed by atoms with Crippen molar-refractivity contribution in [2.45, 2.75) is 44.0 Å². The van der Waals surface area contributed by atoms with Crippen molar-refractivity contribution in [3.05, 3.63) is 48.0 Å². The van der Waals surface area contributed by atoms with E-state index in [1.807, 2.05) is 30.3 Å². The van der Waals surface area contributed by atoms with Crippen LogP contribution in [0.4, 0.5) is 0 Å². The van der Waals surface area contributed by atoms with Crippen LogP contribution in [0.3, 0.4) is 0 Å². The van der Waals surface area contributed by atoms with Crippen LogP contribution in [0.1, 0.15) is 38.7 Å². The van der Waals surface area contributed by atoms with Crippen LogP contribution in [0, 0.1) is 17.5 Å². The van der Waals surface area contributed by atoms with Crippen LogP contribution in [-0.2, 0) is 16.3 Å². The summed E-state index contributed by atoms with van der Waals surface area (Å²) in [6, 6.07) is 9.88. The highest BCUT2D eigenvalue weighted by Gasteiger charge is 2.44. The molecule has 4 heteroatoms. The molecular weight excluding hydrogens is 327 g/mol. The first-order valence-corrected chi connectivity index (χ1v) is 10.3. The van der Waals surface area contributed by atoms with Crippen molar-refractivity contribution < 1.29 is 4.52 Å². The summed E-state index contributed by atoms with van der Waals surface area (Å²) >= 11 is 10.2. The zero-order valence-electron chi connectivity index (χ0n) is 13.1. The molecule has 0 saturated heterocycles. The Morgan fingerprint density at radius 1 is 1.45 bits per heavy atom. The Bertz CT molecular complexity index is 617. The smallest absolute Gasteiger partial charge is 0.173 e. The van der Waals surface area contributed by atoms with E-state index in [2.05, 4.69) is 32.0 Å². The molecule has 1 aliphatic carbocycles. The van der Waals surface area contributed by atoms with Crippen LogP contribution in [0.25, 0.3) is 0 Å². The molecule has 0 aliphatic heterocycles. The molecule has 1 nitrogen and oxygen atoms in total. The lowest BCUT2D eigenvalue weighted by atomic mass is 9.77. The summed E-state index contributed by atoms with van der Waals surface area (Å²) in [6.45, 7) is 7.10. The highest BCUT2D eigenvalue weighted by molar-refractivity contribution is 8.05. The third-order valence-electron chi connectivity index (χ3n) is 4.26. The lowest BCUT2D eigenvalue weighted by Gasteiger charge is -2.38. The zero-order chi connectivity index (χ0) is 16.2. The van der Waals surface area contributed by atoms with Crippen LogP contribution in [0.5, 0.6) is 0 Å². The molecule has 0 N–H and O–H groups in total. The van der Waals surface area contributed by atoms with Gasteiger partial charge in [0.25, 0.3) is 0 Å². The quantitative estimate of drug-likeness (QED) is 0.343. The Labute approximate surface area is 145 Å². The summed E-state index contributed by atoms with van der Waals surface area (Å²) in [7, 11) is 0. The van der Waals surface area contributed by atoms with Crippen molar-refractivity contribution in [2.75, 3.05) is 0 Å². The van der Waals surface area contributed by atoms with Gasteiger partial charge in [-0.05, 0) is 57.1 Å². The molecule has 1 fully saturated rings. The predicted octanol–water partition coefficient (Wildman–Crippen LogP) is 5.30. The Hall–Kier alpha value is -0.650. The van der Waals surface area contributed by atoms with Gasteiger partial charge in [0.1, 0.15) is 5.60 Å². The highest BCUT2D eigenvalue weighted by Crippen LogP contribution is 2.44. The van der Waals surface area contributed by atoms with Crippen LogP contribution >= 0.6 is 19.6 Å². The van der Waals surface area contributed by atoms with Gasteiger partial charge in [0.15, 0.2) is 5.66 Å². The zero-order valence-corrected chi connectivity index (χ0v) is 15.7. The minimum absolute atomic E-state index is 0.175. The van der Waals surface area contributed by atoms with Gasteiger partial charge in [-0.1, -0.05) is 30.4 Å². The Kier molecular flexibility index (Phi) is 6.24. The molecular formula is C18H22OPS2+. The van der Waals surface area contributed by atoms with E-state index in [1.165, 1.54) is 5.57 Å². The number of benzene rings is 1. The topological polar surface area (TPSA) is 9.23 Å². The summed E-state index contributed by atoms with van der Waals surface area (Å²) in [5.41, 5.74) is 5.01. The molecule has 4 atom stereocenters. The second kappa shape index (κ2) is 7.75.